The van der Waals surface area contributed by atoms with Gasteiger partial charge in [0.15, 0.2) is 0 Å². The first kappa shape index (κ1) is 11.5. The predicted octanol–water partition coefficient (Wildman–Crippen LogP) is 1.63. The summed E-state index contributed by atoms with van der Waals surface area (Å²) in [7, 11) is 0. The molecule has 1 atom stereocenters. The molecule has 18 heavy (non-hydrogen) atoms. The molecule has 0 aliphatic carbocycles. The van der Waals surface area contributed by atoms with Crippen LogP contribution in [0.15, 0.2) is 18.3 Å². The molecule has 0 radical (unpaired) electrons. The van der Waals surface area contributed by atoms with Crippen molar-refractivity contribution in [2.75, 3.05) is 31.1 Å². The molecule has 3 rings (SSSR count). The third kappa shape index (κ3) is 2.19. The van der Waals surface area contributed by atoms with Crippen molar-refractivity contribution in [2.45, 2.75) is 25.3 Å². The first-order valence-corrected chi connectivity index (χ1v) is 6.72. The van der Waals surface area contributed by atoms with Gasteiger partial charge in [0.05, 0.1) is 5.56 Å². The molecule has 2 aliphatic rings. The van der Waals surface area contributed by atoms with Crippen molar-refractivity contribution in [3.8, 4) is 6.07 Å². The number of nitrogens with zero attached hydrogens (tertiary/aromatic N) is 4. The number of rotatable bonds is 1. The van der Waals surface area contributed by atoms with Gasteiger partial charge in [-0.1, -0.05) is 0 Å². The molecule has 2 saturated heterocycles. The van der Waals surface area contributed by atoms with E-state index in [1.54, 1.807) is 6.20 Å². The van der Waals surface area contributed by atoms with Crippen molar-refractivity contribution in [3.63, 3.8) is 0 Å². The van der Waals surface area contributed by atoms with Gasteiger partial charge in [0.1, 0.15) is 11.9 Å². The van der Waals surface area contributed by atoms with Gasteiger partial charge in [-0.15, -0.1) is 0 Å². The van der Waals surface area contributed by atoms with Gasteiger partial charge < -0.3 is 4.90 Å². The zero-order chi connectivity index (χ0) is 12.4. The van der Waals surface area contributed by atoms with E-state index in [1.165, 1.54) is 32.4 Å². The maximum absolute atomic E-state index is 8.80. The molecule has 2 aliphatic heterocycles. The van der Waals surface area contributed by atoms with Crippen LogP contribution in [0.25, 0.3) is 0 Å². The Morgan fingerprint density at radius 2 is 2.11 bits per heavy atom. The minimum absolute atomic E-state index is 0.635. The largest absolute Gasteiger partial charge is 0.355 e. The summed E-state index contributed by atoms with van der Waals surface area (Å²) in [6.07, 6.45) is 5.52. The van der Waals surface area contributed by atoms with Crippen LogP contribution >= 0.6 is 0 Å². The second kappa shape index (κ2) is 4.95. The molecule has 2 fully saturated rings. The number of pyridine rings is 1. The molecule has 0 spiro atoms. The molecule has 94 valence electrons. The zero-order valence-corrected chi connectivity index (χ0v) is 10.5. The van der Waals surface area contributed by atoms with Crippen LogP contribution in [-0.4, -0.2) is 42.1 Å². The Labute approximate surface area is 108 Å². The highest BCUT2D eigenvalue weighted by atomic mass is 15.3. The Balaban J connectivity index is 1.76. The summed E-state index contributed by atoms with van der Waals surface area (Å²) >= 11 is 0. The van der Waals surface area contributed by atoms with Crippen molar-refractivity contribution in [3.05, 3.63) is 23.9 Å². The molecular formula is C14H18N4. The van der Waals surface area contributed by atoms with Crippen LogP contribution in [0.2, 0.25) is 0 Å². The van der Waals surface area contributed by atoms with Gasteiger partial charge in [0, 0.05) is 31.9 Å². The van der Waals surface area contributed by atoms with E-state index >= 15 is 0 Å². The molecule has 4 heteroatoms. The number of nitriles is 1. The van der Waals surface area contributed by atoms with Crippen LogP contribution in [0.3, 0.4) is 0 Å². The zero-order valence-electron chi connectivity index (χ0n) is 10.5. The minimum atomic E-state index is 0.635. The van der Waals surface area contributed by atoms with E-state index in [-0.39, 0.29) is 0 Å². The van der Waals surface area contributed by atoms with Crippen LogP contribution in [0.1, 0.15) is 24.8 Å². The highest BCUT2D eigenvalue weighted by Gasteiger charge is 2.28. The van der Waals surface area contributed by atoms with E-state index < -0.39 is 0 Å². The van der Waals surface area contributed by atoms with Gasteiger partial charge in [-0.25, -0.2) is 4.98 Å². The van der Waals surface area contributed by atoms with E-state index in [4.69, 9.17) is 5.26 Å². The van der Waals surface area contributed by atoms with Crippen molar-refractivity contribution >= 4 is 5.82 Å². The number of fused-ring (bicyclic) bond motifs is 1. The van der Waals surface area contributed by atoms with Crippen LogP contribution in [0.5, 0.6) is 0 Å². The second-order valence-corrected chi connectivity index (χ2v) is 5.15. The Hall–Kier alpha value is -1.60. The molecule has 1 aromatic rings. The maximum atomic E-state index is 8.80. The van der Waals surface area contributed by atoms with Crippen LogP contribution in [0, 0.1) is 11.3 Å². The molecule has 0 N–H and O–H groups in total. The Morgan fingerprint density at radius 3 is 2.89 bits per heavy atom. The van der Waals surface area contributed by atoms with Gasteiger partial charge in [0.25, 0.3) is 0 Å². The first-order valence-electron chi connectivity index (χ1n) is 6.72. The topological polar surface area (TPSA) is 43.2 Å². The number of hydrogen-bond acceptors (Lipinski definition) is 4. The molecule has 0 bridgehead atoms. The average Bonchev–Trinajstić information content (AvgIpc) is 2.76. The van der Waals surface area contributed by atoms with Crippen molar-refractivity contribution in [1.82, 2.24) is 9.88 Å². The predicted molar refractivity (Wildman–Crippen MR) is 70.4 cm³/mol. The Kier molecular flexibility index (Phi) is 3.16. The molecule has 3 heterocycles. The van der Waals surface area contributed by atoms with Crippen LogP contribution in [-0.2, 0) is 0 Å². The lowest BCUT2D eigenvalue weighted by Gasteiger charge is -2.26. The van der Waals surface area contributed by atoms with Gasteiger partial charge in [-0.3, -0.25) is 4.90 Å². The summed E-state index contributed by atoms with van der Waals surface area (Å²) < 4.78 is 0. The second-order valence-electron chi connectivity index (χ2n) is 5.15. The van der Waals surface area contributed by atoms with Gasteiger partial charge in [0.2, 0.25) is 0 Å². The third-order valence-corrected chi connectivity index (χ3v) is 4.00. The average molecular weight is 242 g/mol. The standard InChI is InChI=1S/C14H18N4/c15-9-12-4-5-14(16-10-12)18-8-2-7-17-6-1-3-13(17)11-18/h4-5,10,13H,1-3,6-8,11H2. The van der Waals surface area contributed by atoms with Gasteiger partial charge in [-0.05, 0) is 37.9 Å². The lowest BCUT2D eigenvalue weighted by Crippen LogP contribution is -2.36. The molecule has 0 aromatic carbocycles. The summed E-state index contributed by atoms with van der Waals surface area (Å²) in [6, 6.07) is 6.65. The van der Waals surface area contributed by atoms with Crippen molar-refractivity contribution in [2.24, 2.45) is 0 Å². The number of anilines is 1. The fraction of sp³-hybridized carbons (Fsp3) is 0.571. The Morgan fingerprint density at radius 1 is 1.22 bits per heavy atom. The van der Waals surface area contributed by atoms with Crippen LogP contribution < -0.4 is 4.90 Å². The molecule has 0 saturated carbocycles. The number of hydrogen-bond donors (Lipinski definition) is 0. The third-order valence-electron chi connectivity index (χ3n) is 4.00. The fourth-order valence-electron chi connectivity index (χ4n) is 3.05. The highest BCUT2D eigenvalue weighted by Crippen LogP contribution is 2.23. The van der Waals surface area contributed by atoms with Gasteiger partial charge in [-0.2, -0.15) is 5.26 Å². The summed E-state index contributed by atoms with van der Waals surface area (Å²) in [6.45, 7) is 4.64. The highest BCUT2D eigenvalue weighted by molar-refractivity contribution is 5.42. The lowest BCUT2D eigenvalue weighted by molar-refractivity contribution is 0.273. The summed E-state index contributed by atoms with van der Waals surface area (Å²) in [5, 5.41) is 8.80. The monoisotopic (exact) mass is 242 g/mol. The summed E-state index contributed by atoms with van der Waals surface area (Å²) in [5.74, 6) is 1.02. The SMILES string of the molecule is N#Cc1ccc(N2CCCN3CCCC3C2)nc1. The van der Waals surface area contributed by atoms with Crippen molar-refractivity contribution in [1.29, 1.82) is 5.26 Å². The molecule has 1 unspecified atom stereocenters. The van der Waals surface area contributed by atoms with E-state index in [2.05, 4.69) is 20.9 Å². The lowest BCUT2D eigenvalue weighted by atomic mass is 10.2. The molecule has 1 aromatic heterocycles. The van der Waals surface area contributed by atoms with E-state index in [1.807, 2.05) is 12.1 Å². The molecule has 0 amide bonds. The quantitative estimate of drug-likeness (QED) is 0.750. The Bertz CT molecular complexity index is 448. The van der Waals surface area contributed by atoms with E-state index in [0.29, 0.717) is 11.6 Å². The molecule has 4 nitrogen and oxygen atoms in total. The van der Waals surface area contributed by atoms with Crippen molar-refractivity contribution < 1.29 is 0 Å². The van der Waals surface area contributed by atoms with Gasteiger partial charge >= 0.3 is 0 Å². The molecular weight excluding hydrogens is 224 g/mol. The summed E-state index contributed by atoms with van der Waals surface area (Å²) in [4.78, 5) is 9.40. The van der Waals surface area contributed by atoms with E-state index in [9.17, 15) is 0 Å². The normalized spacial score (nSPS) is 24.4. The van der Waals surface area contributed by atoms with Crippen LogP contribution in [0.4, 0.5) is 5.82 Å². The van der Waals surface area contributed by atoms with E-state index in [0.717, 1.165) is 18.9 Å². The first-order chi connectivity index (χ1) is 8.86. The minimum Gasteiger partial charge on any atom is -0.355 e. The summed E-state index contributed by atoms with van der Waals surface area (Å²) in [5.41, 5.74) is 0.635. The maximum Gasteiger partial charge on any atom is 0.128 e. The number of aromatic nitrogens is 1. The fourth-order valence-corrected chi connectivity index (χ4v) is 3.05. The smallest absolute Gasteiger partial charge is 0.128 e.